The fraction of sp³-hybridized carbons (Fsp3) is 0.500. The molecule has 0 radical (unpaired) electrons. The van der Waals surface area contributed by atoms with Crippen molar-refractivity contribution in [2.24, 2.45) is 5.41 Å². The van der Waals surface area contributed by atoms with Gasteiger partial charge in [0.05, 0.1) is 5.41 Å². The minimum atomic E-state index is -0.925. The van der Waals surface area contributed by atoms with Crippen molar-refractivity contribution in [1.29, 1.82) is 0 Å². The zero-order chi connectivity index (χ0) is 16.8. The smallest absolute Gasteiger partial charge is 0.311 e. The van der Waals surface area contributed by atoms with E-state index in [9.17, 15) is 14.7 Å². The monoisotopic (exact) mass is 371 g/mol. The Morgan fingerprint density at radius 2 is 2.00 bits per heavy atom. The summed E-state index contributed by atoms with van der Waals surface area (Å²) in [6.45, 7) is 5.35. The molecule has 0 aromatic heterocycles. The van der Waals surface area contributed by atoms with Crippen LogP contribution in [0.25, 0.3) is 0 Å². The van der Waals surface area contributed by atoms with Crippen molar-refractivity contribution >= 4 is 27.8 Å². The van der Waals surface area contributed by atoms with E-state index in [1.54, 1.807) is 19.1 Å². The van der Waals surface area contributed by atoms with Gasteiger partial charge in [-0.05, 0) is 38.0 Å². The predicted octanol–water partition coefficient (Wildman–Crippen LogP) is 3.22. The van der Waals surface area contributed by atoms with Crippen LogP contribution in [0.15, 0.2) is 28.7 Å². The highest BCUT2D eigenvalue weighted by Crippen LogP contribution is 2.25. The number of carboxylic acids is 1. The van der Waals surface area contributed by atoms with Crippen LogP contribution in [0.1, 0.15) is 33.6 Å². The summed E-state index contributed by atoms with van der Waals surface area (Å²) >= 11 is 3.33. The van der Waals surface area contributed by atoms with E-state index in [1.807, 2.05) is 26.0 Å². The number of carbonyl (C=O) groups is 2. The van der Waals surface area contributed by atoms with Crippen LogP contribution in [0.5, 0.6) is 5.75 Å². The van der Waals surface area contributed by atoms with Crippen LogP contribution in [0.3, 0.4) is 0 Å². The van der Waals surface area contributed by atoms with E-state index in [1.165, 1.54) is 0 Å². The molecule has 122 valence electrons. The second-order valence-corrected chi connectivity index (χ2v) is 6.14. The third-order valence-electron chi connectivity index (χ3n) is 3.89. The number of amides is 1. The average molecular weight is 372 g/mol. The molecule has 1 unspecified atom stereocenters. The zero-order valence-corrected chi connectivity index (χ0v) is 14.6. The second-order valence-electron chi connectivity index (χ2n) is 5.23. The summed E-state index contributed by atoms with van der Waals surface area (Å²) in [7, 11) is 0. The van der Waals surface area contributed by atoms with E-state index < -0.39 is 17.5 Å². The van der Waals surface area contributed by atoms with Gasteiger partial charge in [-0.2, -0.15) is 0 Å². The van der Waals surface area contributed by atoms with E-state index in [0.717, 1.165) is 4.47 Å². The molecular formula is C16H22BrNO4. The fourth-order valence-corrected chi connectivity index (χ4v) is 2.45. The molecule has 0 bridgehead atoms. The van der Waals surface area contributed by atoms with Gasteiger partial charge in [-0.3, -0.25) is 9.59 Å². The topological polar surface area (TPSA) is 75.6 Å². The van der Waals surface area contributed by atoms with Crippen molar-refractivity contribution in [1.82, 2.24) is 5.32 Å². The Kier molecular flexibility index (Phi) is 6.87. The average Bonchev–Trinajstić information content (AvgIpc) is 2.48. The molecule has 0 saturated heterocycles. The summed E-state index contributed by atoms with van der Waals surface area (Å²) in [6.07, 6.45) is 0.217. The standard InChI is InChI=1S/C16H22BrNO4/c1-4-16(5-2,15(20)21)10-18-14(19)11(3)22-13-8-6-7-12(17)9-13/h6-9,11H,4-5,10H2,1-3H3,(H,18,19)(H,20,21). The molecule has 0 aliphatic rings. The Labute approximate surface area is 139 Å². The van der Waals surface area contributed by atoms with Crippen molar-refractivity contribution in [2.75, 3.05) is 6.54 Å². The normalized spacial score (nSPS) is 12.5. The number of rotatable bonds is 8. The van der Waals surface area contributed by atoms with E-state index >= 15 is 0 Å². The highest BCUT2D eigenvalue weighted by molar-refractivity contribution is 9.10. The Morgan fingerprint density at radius 1 is 1.36 bits per heavy atom. The fourth-order valence-electron chi connectivity index (χ4n) is 2.08. The lowest BCUT2D eigenvalue weighted by atomic mass is 9.82. The largest absolute Gasteiger partial charge is 0.481 e. The van der Waals surface area contributed by atoms with Gasteiger partial charge in [0, 0.05) is 11.0 Å². The summed E-state index contributed by atoms with van der Waals surface area (Å²) < 4.78 is 6.42. The molecule has 5 nitrogen and oxygen atoms in total. The van der Waals surface area contributed by atoms with Crippen molar-refractivity contribution < 1.29 is 19.4 Å². The summed E-state index contributed by atoms with van der Waals surface area (Å²) in [5, 5.41) is 12.0. The van der Waals surface area contributed by atoms with Gasteiger partial charge < -0.3 is 15.2 Å². The summed E-state index contributed by atoms with van der Waals surface area (Å²) in [5.41, 5.74) is -0.925. The summed E-state index contributed by atoms with van der Waals surface area (Å²) in [6, 6.07) is 7.20. The molecule has 0 heterocycles. The lowest BCUT2D eigenvalue weighted by molar-refractivity contribution is -0.149. The molecule has 2 N–H and O–H groups in total. The van der Waals surface area contributed by atoms with E-state index in [0.29, 0.717) is 18.6 Å². The molecule has 0 aliphatic carbocycles. The van der Waals surface area contributed by atoms with Gasteiger partial charge in [0.15, 0.2) is 6.10 Å². The first-order chi connectivity index (χ1) is 10.3. The van der Waals surface area contributed by atoms with Gasteiger partial charge in [0.1, 0.15) is 5.75 Å². The second kappa shape index (κ2) is 8.17. The molecule has 6 heteroatoms. The van der Waals surface area contributed by atoms with Gasteiger partial charge in [0.2, 0.25) is 0 Å². The summed E-state index contributed by atoms with van der Waals surface area (Å²) in [4.78, 5) is 23.5. The van der Waals surface area contributed by atoms with Crippen molar-refractivity contribution in [3.63, 3.8) is 0 Å². The van der Waals surface area contributed by atoms with Crippen LogP contribution < -0.4 is 10.1 Å². The minimum Gasteiger partial charge on any atom is -0.481 e. The minimum absolute atomic E-state index is 0.0976. The predicted molar refractivity (Wildman–Crippen MR) is 87.9 cm³/mol. The van der Waals surface area contributed by atoms with Gasteiger partial charge >= 0.3 is 5.97 Å². The Bertz CT molecular complexity index is 529. The van der Waals surface area contributed by atoms with E-state index in [4.69, 9.17) is 4.74 Å². The molecule has 1 atom stereocenters. The molecule has 1 amide bonds. The van der Waals surface area contributed by atoms with Crippen LogP contribution in [-0.2, 0) is 9.59 Å². The molecule has 1 aromatic carbocycles. The lowest BCUT2D eigenvalue weighted by Gasteiger charge is -2.27. The van der Waals surface area contributed by atoms with Gasteiger partial charge in [-0.15, -0.1) is 0 Å². The van der Waals surface area contributed by atoms with Crippen LogP contribution >= 0.6 is 15.9 Å². The maximum Gasteiger partial charge on any atom is 0.311 e. The van der Waals surface area contributed by atoms with E-state index in [-0.39, 0.29) is 12.5 Å². The van der Waals surface area contributed by atoms with Gasteiger partial charge in [-0.25, -0.2) is 0 Å². The maximum atomic E-state index is 12.1. The lowest BCUT2D eigenvalue weighted by Crippen LogP contribution is -2.46. The third kappa shape index (κ3) is 4.73. The molecule has 1 aromatic rings. The first kappa shape index (κ1) is 18.5. The Balaban J connectivity index is 2.62. The van der Waals surface area contributed by atoms with Crippen molar-refractivity contribution in [3.05, 3.63) is 28.7 Å². The van der Waals surface area contributed by atoms with Crippen LogP contribution in [0.2, 0.25) is 0 Å². The molecule has 0 fully saturated rings. The molecule has 0 spiro atoms. The number of carbonyl (C=O) groups excluding carboxylic acids is 1. The number of benzene rings is 1. The number of hydrogen-bond acceptors (Lipinski definition) is 3. The van der Waals surface area contributed by atoms with Crippen LogP contribution in [0.4, 0.5) is 0 Å². The Hall–Kier alpha value is -1.56. The quantitative estimate of drug-likeness (QED) is 0.735. The molecule has 0 saturated carbocycles. The van der Waals surface area contributed by atoms with Crippen LogP contribution in [0, 0.1) is 5.41 Å². The molecular weight excluding hydrogens is 350 g/mol. The molecule has 1 rings (SSSR count). The maximum absolute atomic E-state index is 12.1. The number of aliphatic carboxylic acids is 1. The van der Waals surface area contributed by atoms with Gasteiger partial charge in [0.25, 0.3) is 5.91 Å². The molecule has 0 aliphatic heterocycles. The number of ether oxygens (including phenoxy) is 1. The van der Waals surface area contributed by atoms with Crippen molar-refractivity contribution in [2.45, 2.75) is 39.7 Å². The number of halogens is 1. The highest BCUT2D eigenvalue weighted by Gasteiger charge is 2.35. The van der Waals surface area contributed by atoms with E-state index in [2.05, 4.69) is 21.2 Å². The SMILES string of the molecule is CCC(CC)(CNC(=O)C(C)Oc1cccc(Br)c1)C(=O)O. The Morgan fingerprint density at radius 3 is 2.50 bits per heavy atom. The number of carboxylic acid groups (broad SMARTS) is 1. The van der Waals surface area contributed by atoms with Crippen LogP contribution in [-0.4, -0.2) is 29.6 Å². The van der Waals surface area contributed by atoms with Crippen molar-refractivity contribution in [3.8, 4) is 5.75 Å². The first-order valence-electron chi connectivity index (χ1n) is 7.28. The zero-order valence-electron chi connectivity index (χ0n) is 13.1. The number of nitrogens with one attached hydrogen (secondary N) is 1. The number of hydrogen-bond donors (Lipinski definition) is 2. The highest BCUT2D eigenvalue weighted by atomic mass is 79.9. The first-order valence-corrected chi connectivity index (χ1v) is 8.07. The molecule has 22 heavy (non-hydrogen) atoms. The van der Waals surface area contributed by atoms with Gasteiger partial charge in [-0.1, -0.05) is 35.8 Å². The summed E-state index contributed by atoms with van der Waals surface area (Å²) in [5.74, 6) is -0.640. The third-order valence-corrected chi connectivity index (χ3v) is 4.38.